The average Bonchev–Trinajstić information content (AvgIpc) is 2.32. The first-order chi connectivity index (χ1) is 8.90. The van der Waals surface area contributed by atoms with Crippen molar-refractivity contribution in [2.24, 2.45) is 0 Å². The maximum absolute atomic E-state index is 13.9. The third-order valence-electron chi connectivity index (χ3n) is 2.78. The van der Waals surface area contributed by atoms with E-state index in [-0.39, 0.29) is 22.1 Å². The van der Waals surface area contributed by atoms with E-state index in [0.717, 1.165) is 6.07 Å². The molecular weight excluding hydrogens is 318 g/mol. The SMILES string of the molecule is Cc1cc(=O)n(Cc2c(F)ccc(Br)c2F)c(C)n1. The van der Waals surface area contributed by atoms with E-state index in [1.165, 1.54) is 16.7 Å². The van der Waals surface area contributed by atoms with Crippen molar-refractivity contribution < 1.29 is 8.78 Å². The van der Waals surface area contributed by atoms with Gasteiger partial charge in [0.05, 0.1) is 11.0 Å². The van der Waals surface area contributed by atoms with Crippen LogP contribution in [0.4, 0.5) is 8.78 Å². The summed E-state index contributed by atoms with van der Waals surface area (Å²) in [5.74, 6) is -0.969. The van der Waals surface area contributed by atoms with Crippen LogP contribution in [0.2, 0.25) is 0 Å². The van der Waals surface area contributed by atoms with Crippen LogP contribution in [-0.4, -0.2) is 9.55 Å². The topological polar surface area (TPSA) is 34.9 Å². The molecule has 0 saturated carbocycles. The van der Waals surface area contributed by atoms with Gasteiger partial charge in [-0.15, -0.1) is 0 Å². The third-order valence-corrected chi connectivity index (χ3v) is 3.39. The molecule has 0 bridgehead atoms. The lowest BCUT2D eigenvalue weighted by molar-refractivity contribution is 0.532. The molecule has 0 aliphatic carbocycles. The van der Waals surface area contributed by atoms with E-state index in [0.29, 0.717) is 11.5 Å². The van der Waals surface area contributed by atoms with E-state index in [9.17, 15) is 13.6 Å². The maximum Gasteiger partial charge on any atom is 0.254 e. The molecule has 2 aromatic rings. The normalized spacial score (nSPS) is 10.8. The average molecular weight is 329 g/mol. The summed E-state index contributed by atoms with van der Waals surface area (Å²) in [7, 11) is 0. The van der Waals surface area contributed by atoms with Crippen molar-refractivity contribution in [1.29, 1.82) is 0 Å². The molecule has 0 fully saturated rings. The highest BCUT2D eigenvalue weighted by Gasteiger charge is 2.14. The third kappa shape index (κ3) is 2.73. The Morgan fingerprint density at radius 2 is 2.00 bits per heavy atom. The number of aryl methyl sites for hydroxylation is 2. The molecule has 0 aliphatic rings. The number of hydrogen-bond acceptors (Lipinski definition) is 2. The van der Waals surface area contributed by atoms with Gasteiger partial charge in [0, 0.05) is 17.3 Å². The number of halogens is 3. The van der Waals surface area contributed by atoms with Gasteiger partial charge in [0.2, 0.25) is 0 Å². The molecule has 2 rings (SSSR count). The minimum atomic E-state index is -0.702. The first-order valence-corrected chi connectivity index (χ1v) is 6.37. The molecular formula is C13H11BrF2N2O. The largest absolute Gasteiger partial charge is 0.292 e. The Hall–Kier alpha value is -1.56. The number of nitrogens with zero attached hydrogens (tertiary/aromatic N) is 2. The lowest BCUT2D eigenvalue weighted by atomic mass is 10.2. The lowest BCUT2D eigenvalue weighted by Gasteiger charge is -2.11. The highest BCUT2D eigenvalue weighted by molar-refractivity contribution is 9.10. The summed E-state index contributed by atoms with van der Waals surface area (Å²) in [6.07, 6.45) is 0. The van der Waals surface area contributed by atoms with Gasteiger partial charge in [0.15, 0.2) is 0 Å². The summed E-state index contributed by atoms with van der Waals surface area (Å²) in [5.41, 5.74) is 0.0861. The maximum atomic E-state index is 13.9. The molecule has 19 heavy (non-hydrogen) atoms. The van der Waals surface area contributed by atoms with Crippen molar-refractivity contribution in [1.82, 2.24) is 9.55 Å². The summed E-state index contributed by atoms with van der Waals surface area (Å²) in [4.78, 5) is 16.0. The Bertz CT molecular complexity index is 698. The van der Waals surface area contributed by atoms with Crippen molar-refractivity contribution in [2.45, 2.75) is 20.4 Å². The van der Waals surface area contributed by atoms with Crippen LogP contribution < -0.4 is 5.56 Å². The summed E-state index contributed by atoms with van der Waals surface area (Å²) in [6.45, 7) is 3.14. The van der Waals surface area contributed by atoms with Gasteiger partial charge in [0.25, 0.3) is 5.56 Å². The van der Waals surface area contributed by atoms with E-state index < -0.39 is 11.6 Å². The molecule has 0 atom stereocenters. The molecule has 6 heteroatoms. The minimum Gasteiger partial charge on any atom is -0.292 e. The molecule has 1 aromatic carbocycles. The minimum absolute atomic E-state index is 0.162. The van der Waals surface area contributed by atoms with Gasteiger partial charge in [-0.2, -0.15) is 0 Å². The van der Waals surface area contributed by atoms with Crippen LogP contribution in [0, 0.1) is 25.5 Å². The molecule has 0 aliphatic heterocycles. The molecule has 1 aromatic heterocycles. The molecule has 3 nitrogen and oxygen atoms in total. The first kappa shape index (κ1) is 13.9. The smallest absolute Gasteiger partial charge is 0.254 e. The molecule has 1 heterocycles. The number of hydrogen-bond donors (Lipinski definition) is 0. The first-order valence-electron chi connectivity index (χ1n) is 5.57. The fraction of sp³-hybridized carbons (Fsp3) is 0.231. The van der Waals surface area contributed by atoms with E-state index in [2.05, 4.69) is 20.9 Å². The highest BCUT2D eigenvalue weighted by atomic mass is 79.9. The molecule has 0 radical (unpaired) electrons. The molecule has 0 spiro atoms. The van der Waals surface area contributed by atoms with Crippen molar-refractivity contribution in [3.05, 3.63) is 61.7 Å². The van der Waals surface area contributed by atoms with E-state index in [1.54, 1.807) is 13.8 Å². The predicted octanol–water partition coefficient (Wildman–Crippen LogP) is 2.95. The second-order valence-corrected chi connectivity index (χ2v) is 5.05. The number of aromatic nitrogens is 2. The highest BCUT2D eigenvalue weighted by Crippen LogP contribution is 2.22. The predicted molar refractivity (Wildman–Crippen MR) is 71.1 cm³/mol. The molecule has 100 valence electrons. The summed E-state index contributed by atoms with van der Waals surface area (Å²) < 4.78 is 28.9. The van der Waals surface area contributed by atoms with Crippen LogP contribution in [0.25, 0.3) is 0 Å². The lowest BCUT2D eigenvalue weighted by Crippen LogP contribution is -2.25. The molecule has 0 unspecified atom stereocenters. The fourth-order valence-corrected chi connectivity index (χ4v) is 2.20. The molecule has 0 amide bonds. The van der Waals surface area contributed by atoms with Crippen LogP contribution in [0.5, 0.6) is 0 Å². The standard InChI is InChI=1S/C13H11BrF2N2O/c1-7-5-12(19)18(8(2)17-7)6-9-11(15)4-3-10(14)13(9)16/h3-5H,6H2,1-2H3. The van der Waals surface area contributed by atoms with Crippen molar-refractivity contribution in [3.63, 3.8) is 0 Å². The summed E-state index contributed by atoms with van der Waals surface area (Å²) in [5, 5.41) is 0. The van der Waals surface area contributed by atoms with Crippen LogP contribution in [-0.2, 0) is 6.54 Å². The number of benzene rings is 1. The summed E-state index contributed by atoms with van der Waals surface area (Å²) >= 11 is 3.00. The van der Waals surface area contributed by atoms with E-state index in [4.69, 9.17) is 0 Å². The Morgan fingerprint density at radius 3 is 2.63 bits per heavy atom. The van der Waals surface area contributed by atoms with Crippen LogP contribution in [0.15, 0.2) is 27.5 Å². The van der Waals surface area contributed by atoms with Gasteiger partial charge >= 0.3 is 0 Å². The van der Waals surface area contributed by atoms with Crippen LogP contribution in [0.3, 0.4) is 0 Å². The quantitative estimate of drug-likeness (QED) is 0.794. The zero-order valence-electron chi connectivity index (χ0n) is 10.4. The van der Waals surface area contributed by atoms with Crippen molar-refractivity contribution in [3.8, 4) is 0 Å². The Kier molecular flexibility index (Phi) is 3.80. The Morgan fingerprint density at radius 1 is 1.32 bits per heavy atom. The van der Waals surface area contributed by atoms with Gasteiger partial charge in [-0.1, -0.05) is 0 Å². The second kappa shape index (κ2) is 5.21. The zero-order valence-corrected chi connectivity index (χ0v) is 12.0. The fourth-order valence-electron chi connectivity index (χ4n) is 1.83. The molecule has 0 saturated heterocycles. The van der Waals surface area contributed by atoms with Crippen molar-refractivity contribution in [2.75, 3.05) is 0 Å². The Balaban J connectivity index is 2.54. The monoisotopic (exact) mass is 328 g/mol. The van der Waals surface area contributed by atoms with Crippen LogP contribution >= 0.6 is 15.9 Å². The molecule has 0 N–H and O–H groups in total. The summed E-state index contributed by atoms with van der Waals surface area (Å²) in [6, 6.07) is 3.78. The van der Waals surface area contributed by atoms with Gasteiger partial charge in [-0.05, 0) is 41.9 Å². The van der Waals surface area contributed by atoms with Gasteiger partial charge in [-0.25, -0.2) is 13.8 Å². The Labute approximate surface area is 117 Å². The van der Waals surface area contributed by atoms with E-state index >= 15 is 0 Å². The van der Waals surface area contributed by atoms with Gasteiger partial charge < -0.3 is 0 Å². The van der Waals surface area contributed by atoms with Gasteiger partial charge in [-0.3, -0.25) is 9.36 Å². The number of rotatable bonds is 2. The zero-order chi connectivity index (χ0) is 14.2. The van der Waals surface area contributed by atoms with Crippen LogP contribution in [0.1, 0.15) is 17.1 Å². The van der Waals surface area contributed by atoms with Gasteiger partial charge in [0.1, 0.15) is 17.5 Å². The second-order valence-electron chi connectivity index (χ2n) is 4.19. The van der Waals surface area contributed by atoms with E-state index in [1.807, 2.05) is 0 Å². The van der Waals surface area contributed by atoms with Crippen molar-refractivity contribution >= 4 is 15.9 Å².